The number of amides is 2. The van der Waals surface area contributed by atoms with Crippen LogP contribution in [0, 0.1) is 0 Å². The van der Waals surface area contributed by atoms with Crippen LogP contribution in [0.4, 0.5) is 10.5 Å². The van der Waals surface area contributed by atoms with Gasteiger partial charge in [0.25, 0.3) is 0 Å². The molecule has 0 aromatic heterocycles. The van der Waals surface area contributed by atoms with Crippen LogP contribution in [0.3, 0.4) is 0 Å². The second-order valence-corrected chi connectivity index (χ2v) is 6.81. The summed E-state index contributed by atoms with van der Waals surface area (Å²) in [5, 5.41) is 14.4. The summed E-state index contributed by atoms with van der Waals surface area (Å²) in [4.78, 5) is 23.2. The standard InChI is InChI=1S/C21H26N2O4/c1-4-21(2,3)16-10-6-8-12-18(16)27-14-13-22-20(26)23-17-11-7-5-9-15(17)19(24)25/h5-12H,4,13-14H2,1-3H3,(H,24,25)(H2,22,23,26). The van der Waals surface area contributed by atoms with Crippen molar-refractivity contribution < 1.29 is 19.4 Å². The number of nitrogens with one attached hydrogen (secondary N) is 2. The summed E-state index contributed by atoms with van der Waals surface area (Å²) < 4.78 is 5.85. The van der Waals surface area contributed by atoms with Crippen molar-refractivity contribution in [1.29, 1.82) is 0 Å². The van der Waals surface area contributed by atoms with Gasteiger partial charge in [-0.15, -0.1) is 0 Å². The Morgan fingerprint density at radius 2 is 1.74 bits per heavy atom. The molecule has 0 atom stereocenters. The van der Waals surface area contributed by atoms with Crippen LogP contribution in [0.15, 0.2) is 48.5 Å². The van der Waals surface area contributed by atoms with Crippen molar-refractivity contribution in [3.8, 4) is 5.75 Å². The number of hydrogen-bond donors (Lipinski definition) is 3. The summed E-state index contributed by atoms with van der Waals surface area (Å²) >= 11 is 0. The van der Waals surface area contributed by atoms with Crippen LogP contribution in [0.5, 0.6) is 5.75 Å². The fourth-order valence-electron chi connectivity index (χ4n) is 2.61. The van der Waals surface area contributed by atoms with E-state index in [1.165, 1.54) is 6.07 Å². The molecule has 2 aromatic carbocycles. The minimum atomic E-state index is -1.09. The highest BCUT2D eigenvalue weighted by atomic mass is 16.5. The number of carbonyl (C=O) groups excluding carboxylic acids is 1. The quantitative estimate of drug-likeness (QED) is 0.606. The lowest BCUT2D eigenvalue weighted by molar-refractivity contribution is 0.0698. The Hall–Kier alpha value is -3.02. The Balaban J connectivity index is 1.88. The molecule has 3 N–H and O–H groups in total. The Bertz CT molecular complexity index is 802. The van der Waals surface area contributed by atoms with Crippen molar-refractivity contribution in [2.75, 3.05) is 18.5 Å². The lowest BCUT2D eigenvalue weighted by Gasteiger charge is -2.26. The molecule has 0 unspecified atom stereocenters. The molecule has 27 heavy (non-hydrogen) atoms. The number of carboxylic acid groups (broad SMARTS) is 1. The first kappa shape index (κ1) is 20.3. The van der Waals surface area contributed by atoms with E-state index in [0.29, 0.717) is 13.2 Å². The number of para-hydroxylation sites is 2. The smallest absolute Gasteiger partial charge is 0.337 e. The third-order valence-electron chi connectivity index (χ3n) is 4.55. The fraction of sp³-hybridized carbons (Fsp3) is 0.333. The van der Waals surface area contributed by atoms with Crippen LogP contribution in [-0.2, 0) is 5.41 Å². The molecule has 0 spiro atoms. The van der Waals surface area contributed by atoms with Gasteiger partial charge in [-0.3, -0.25) is 0 Å². The number of urea groups is 1. The van der Waals surface area contributed by atoms with Gasteiger partial charge in [0.1, 0.15) is 12.4 Å². The number of rotatable bonds is 8. The van der Waals surface area contributed by atoms with E-state index in [0.717, 1.165) is 17.7 Å². The van der Waals surface area contributed by atoms with Crippen LogP contribution in [0.25, 0.3) is 0 Å². The predicted molar refractivity (Wildman–Crippen MR) is 106 cm³/mol. The van der Waals surface area contributed by atoms with E-state index >= 15 is 0 Å². The van der Waals surface area contributed by atoms with Crippen molar-refractivity contribution >= 4 is 17.7 Å². The van der Waals surface area contributed by atoms with Crippen LogP contribution in [-0.4, -0.2) is 30.3 Å². The number of carbonyl (C=O) groups is 2. The zero-order valence-electron chi connectivity index (χ0n) is 15.9. The Morgan fingerprint density at radius 3 is 2.44 bits per heavy atom. The molecule has 6 heteroatoms. The number of ether oxygens (including phenoxy) is 1. The van der Waals surface area contributed by atoms with Gasteiger partial charge < -0.3 is 20.5 Å². The molecule has 0 aliphatic heterocycles. The normalized spacial score (nSPS) is 10.9. The molecule has 2 amide bonds. The summed E-state index contributed by atoms with van der Waals surface area (Å²) in [5.41, 5.74) is 1.42. The van der Waals surface area contributed by atoms with Gasteiger partial charge in [-0.1, -0.05) is 51.1 Å². The maximum absolute atomic E-state index is 12.0. The average molecular weight is 370 g/mol. The Labute approximate surface area is 159 Å². The van der Waals surface area contributed by atoms with Gasteiger partial charge in [0.15, 0.2) is 0 Å². The van der Waals surface area contributed by atoms with Crippen LogP contribution in [0.2, 0.25) is 0 Å². The molecule has 2 aromatic rings. The first-order valence-corrected chi connectivity index (χ1v) is 8.94. The maximum atomic E-state index is 12.0. The summed E-state index contributed by atoms with van der Waals surface area (Å²) in [6.07, 6.45) is 0.983. The van der Waals surface area contributed by atoms with Crippen molar-refractivity contribution in [3.63, 3.8) is 0 Å². The molecule has 0 saturated carbocycles. The van der Waals surface area contributed by atoms with Gasteiger partial charge in [0.05, 0.1) is 17.8 Å². The molecule has 0 saturated heterocycles. The van der Waals surface area contributed by atoms with Crippen LogP contribution in [0.1, 0.15) is 43.1 Å². The summed E-state index contributed by atoms with van der Waals surface area (Å²) in [7, 11) is 0. The van der Waals surface area contributed by atoms with E-state index in [1.54, 1.807) is 18.2 Å². The van der Waals surface area contributed by atoms with Gasteiger partial charge in [-0.25, -0.2) is 9.59 Å². The van der Waals surface area contributed by atoms with Gasteiger partial charge >= 0.3 is 12.0 Å². The fourth-order valence-corrected chi connectivity index (χ4v) is 2.61. The van der Waals surface area contributed by atoms with Crippen LogP contribution < -0.4 is 15.4 Å². The minimum Gasteiger partial charge on any atom is -0.491 e. The third-order valence-corrected chi connectivity index (χ3v) is 4.55. The first-order valence-electron chi connectivity index (χ1n) is 8.94. The molecule has 6 nitrogen and oxygen atoms in total. The first-order chi connectivity index (χ1) is 12.8. The van der Waals surface area contributed by atoms with Gasteiger partial charge in [-0.2, -0.15) is 0 Å². The summed E-state index contributed by atoms with van der Waals surface area (Å²) in [5.74, 6) is -0.285. The molecular formula is C21H26N2O4. The Morgan fingerprint density at radius 1 is 1.07 bits per heavy atom. The second-order valence-electron chi connectivity index (χ2n) is 6.81. The van der Waals surface area contributed by atoms with E-state index < -0.39 is 12.0 Å². The molecular weight excluding hydrogens is 344 g/mol. The average Bonchev–Trinajstić information content (AvgIpc) is 2.65. The third kappa shape index (κ3) is 5.48. The van der Waals surface area contributed by atoms with E-state index in [2.05, 4.69) is 37.5 Å². The Kier molecular flexibility index (Phi) is 6.82. The van der Waals surface area contributed by atoms with Crippen molar-refractivity contribution in [2.24, 2.45) is 0 Å². The molecule has 0 fully saturated rings. The van der Waals surface area contributed by atoms with E-state index in [1.807, 2.05) is 18.2 Å². The number of benzene rings is 2. The minimum absolute atomic E-state index is 0.00192. The van der Waals surface area contributed by atoms with Crippen molar-refractivity contribution in [3.05, 3.63) is 59.7 Å². The van der Waals surface area contributed by atoms with Gasteiger partial charge in [0.2, 0.25) is 0 Å². The second kappa shape index (κ2) is 9.07. The highest BCUT2D eigenvalue weighted by Gasteiger charge is 2.22. The van der Waals surface area contributed by atoms with E-state index in [4.69, 9.17) is 9.84 Å². The largest absolute Gasteiger partial charge is 0.491 e. The zero-order valence-corrected chi connectivity index (χ0v) is 15.9. The van der Waals surface area contributed by atoms with Crippen LogP contribution >= 0.6 is 0 Å². The van der Waals surface area contributed by atoms with Gasteiger partial charge in [-0.05, 0) is 35.6 Å². The number of aromatic carboxylic acids is 1. The summed E-state index contributed by atoms with van der Waals surface area (Å²) in [6.45, 7) is 7.08. The van der Waals surface area contributed by atoms with E-state index in [-0.39, 0.29) is 16.7 Å². The predicted octanol–water partition coefficient (Wildman–Crippen LogP) is 4.27. The topological polar surface area (TPSA) is 87.7 Å². The molecule has 0 radical (unpaired) electrons. The molecule has 0 aliphatic rings. The monoisotopic (exact) mass is 370 g/mol. The SMILES string of the molecule is CCC(C)(C)c1ccccc1OCCNC(=O)Nc1ccccc1C(=O)O. The number of hydrogen-bond acceptors (Lipinski definition) is 3. The highest BCUT2D eigenvalue weighted by molar-refractivity contribution is 5.99. The lowest BCUT2D eigenvalue weighted by atomic mass is 9.82. The van der Waals surface area contributed by atoms with Crippen molar-refractivity contribution in [1.82, 2.24) is 5.32 Å². The molecule has 0 heterocycles. The maximum Gasteiger partial charge on any atom is 0.337 e. The summed E-state index contributed by atoms with van der Waals surface area (Å²) in [6, 6.07) is 13.7. The van der Waals surface area contributed by atoms with E-state index in [9.17, 15) is 9.59 Å². The zero-order chi connectivity index (χ0) is 19.9. The lowest BCUT2D eigenvalue weighted by Crippen LogP contribution is -2.32. The van der Waals surface area contributed by atoms with Crippen molar-refractivity contribution in [2.45, 2.75) is 32.6 Å². The van der Waals surface area contributed by atoms with Gasteiger partial charge in [0, 0.05) is 0 Å². The highest BCUT2D eigenvalue weighted by Crippen LogP contribution is 2.33. The number of anilines is 1. The molecule has 0 aliphatic carbocycles. The molecule has 2 rings (SSSR count). The molecule has 144 valence electrons. The molecule has 0 bridgehead atoms. The number of carboxylic acids is 1.